The summed E-state index contributed by atoms with van der Waals surface area (Å²) in [6.07, 6.45) is 1.49. The Bertz CT molecular complexity index is 466. The molecule has 1 aromatic heterocycles. The minimum Gasteiger partial charge on any atom is -0.392 e. The second-order valence-electron chi connectivity index (χ2n) is 2.94. The SMILES string of the molecule is NC(=S)CNC(=O)C(=O)Nc1ncccc1Br. The average molecular weight is 317 g/mol. The van der Waals surface area contributed by atoms with Crippen LogP contribution in [0.4, 0.5) is 5.82 Å². The van der Waals surface area contributed by atoms with Crippen LogP contribution < -0.4 is 16.4 Å². The van der Waals surface area contributed by atoms with Crippen molar-refractivity contribution in [1.29, 1.82) is 0 Å². The van der Waals surface area contributed by atoms with E-state index in [4.69, 9.17) is 5.73 Å². The molecule has 2 amide bonds. The summed E-state index contributed by atoms with van der Waals surface area (Å²) in [5.41, 5.74) is 5.18. The van der Waals surface area contributed by atoms with Crippen molar-refractivity contribution in [2.45, 2.75) is 0 Å². The van der Waals surface area contributed by atoms with Gasteiger partial charge in [-0.15, -0.1) is 0 Å². The number of thiocarbonyl (C=S) groups is 1. The predicted molar refractivity (Wildman–Crippen MR) is 70.4 cm³/mol. The third kappa shape index (κ3) is 4.45. The number of pyridine rings is 1. The lowest BCUT2D eigenvalue weighted by Crippen LogP contribution is -2.39. The smallest absolute Gasteiger partial charge is 0.314 e. The summed E-state index contributed by atoms with van der Waals surface area (Å²) in [5.74, 6) is -1.39. The van der Waals surface area contributed by atoms with Crippen molar-refractivity contribution in [3.8, 4) is 0 Å². The molecule has 0 aromatic carbocycles. The molecule has 1 heterocycles. The molecule has 0 unspecified atom stereocenters. The van der Waals surface area contributed by atoms with Crippen molar-refractivity contribution in [2.75, 3.05) is 11.9 Å². The zero-order valence-electron chi connectivity index (χ0n) is 8.57. The highest BCUT2D eigenvalue weighted by Gasteiger charge is 2.15. The monoisotopic (exact) mass is 316 g/mol. The molecule has 0 aliphatic rings. The number of amides is 2. The molecule has 0 bridgehead atoms. The van der Waals surface area contributed by atoms with E-state index in [2.05, 4.69) is 43.8 Å². The van der Waals surface area contributed by atoms with E-state index in [1.807, 2.05) is 0 Å². The Hall–Kier alpha value is -1.54. The van der Waals surface area contributed by atoms with Crippen molar-refractivity contribution in [3.05, 3.63) is 22.8 Å². The zero-order valence-corrected chi connectivity index (χ0v) is 11.0. The van der Waals surface area contributed by atoms with Gasteiger partial charge in [0.25, 0.3) is 0 Å². The number of halogens is 1. The molecule has 90 valence electrons. The second kappa shape index (κ2) is 6.26. The van der Waals surface area contributed by atoms with E-state index >= 15 is 0 Å². The van der Waals surface area contributed by atoms with Crippen molar-refractivity contribution in [2.24, 2.45) is 5.73 Å². The number of rotatable bonds is 3. The fourth-order valence-corrected chi connectivity index (χ4v) is 1.32. The number of nitrogens with one attached hydrogen (secondary N) is 2. The van der Waals surface area contributed by atoms with Crippen molar-refractivity contribution in [1.82, 2.24) is 10.3 Å². The minimum absolute atomic E-state index is 0.0228. The van der Waals surface area contributed by atoms with Crippen LogP contribution in [0.3, 0.4) is 0 Å². The van der Waals surface area contributed by atoms with E-state index in [9.17, 15) is 9.59 Å². The van der Waals surface area contributed by atoms with Crippen LogP contribution in [0.25, 0.3) is 0 Å². The number of hydrogen-bond acceptors (Lipinski definition) is 4. The van der Waals surface area contributed by atoms with Crippen LogP contribution in [0.2, 0.25) is 0 Å². The summed E-state index contributed by atoms with van der Waals surface area (Å²) in [5, 5.41) is 4.60. The van der Waals surface area contributed by atoms with Gasteiger partial charge >= 0.3 is 11.8 Å². The van der Waals surface area contributed by atoms with Crippen LogP contribution in [0.5, 0.6) is 0 Å². The normalized spacial score (nSPS) is 9.47. The fourth-order valence-electron chi connectivity index (χ4n) is 0.890. The Kier molecular flexibility index (Phi) is 4.98. The third-order valence-corrected chi connectivity index (χ3v) is 2.40. The summed E-state index contributed by atoms with van der Waals surface area (Å²) >= 11 is 7.75. The maximum Gasteiger partial charge on any atom is 0.314 e. The fraction of sp³-hybridized carbons (Fsp3) is 0.111. The lowest BCUT2D eigenvalue weighted by Gasteiger charge is -2.06. The standard InChI is InChI=1S/C9H9BrN4O2S/c10-5-2-1-3-12-7(5)14-9(16)8(15)13-4-6(11)17/h1-3H,4H2,(H2,11,17)(H,13,15)(H,12,14,16). The highest BCUT2D eigenvalue weighted by Crippen LogP contribution is 2.17. The number of aromatic nitrogens is 1. The van der Waals surface area contributed by atoms with Crippen LogP contribution in [-0.4, -0.2) is 28.3 Å². The first-order valence-electron chi connectivity index (χ1n) is 4.48. The molecule has 0 radical (unpaired) electrons. The van der Waals surface area contributed by atoms with Gasteiger partial charge in [-0.1, -0.05) is 12.2 Å². The molecule has 0 atom stereocenters. The van der Waals surface area contributed by atoms with Crippen LogP contribution in [0, 0.1) is 0 Å². The average Bonchev–Trinajstić information content (AvgIpc) is 2.28. The van der Waals surface area contributed by atoms with Crippen LogP contribution in [0.1, 0.15) is 0 Å². The van der Waals surface area contributed by atoms with Gasteiger partial charge in [0, 0.05) is 6.20 Å². The number of hydrogen-bond donors (Lipinski definition) is 3. The van der Waals surface area contributed by atoms with E-state index in [0.29, 0.717) is 4.47 Å². The Morgan fingerprint density at radius 1 is 1.47 bits per heavy atom. The molecule has 0 spiro atoms. The number of anilines is 1. The summed E-state index contributed by atoms with van der Waals surface area (Å²) in [6, 6.07) is 3.38. The van der Waals surface area contributed by atoms with Gasteiger partial charge in [-0.25, -0.2) is 4.98 Å². The first-order valence-corrected chi connectivity index (χ1v) is 5.69. The van der Waals surface area contributed by atoms with Crippen LogP contribution >= 0.6 is 28.1 Å². The molecule has 1 rings (SSSR count). The molecule has 0 aliphatic carbocycles. The molecule has 4 N–H and O–H groups in total. The number of nitrogens with two attached hydrogens (primary N) is 1. The van der Waals surface area contributed by atoms with E-state index in [0.717, 1.165) is 0 Å². The summed E-state index contributed by atoms with van der Waals surface area (Å²) in [4.78, 5) is 26.7. The lowest BCUT2D eigenvalue weighted by atomic mass is 10.4. The van der Waals surface area contributed by atoms with Gasteiger partial charge in [0.1, 0.15) is 5.82 Å². The largest absolute Gasteiger partial charge is 0.392 e. The molecule has 17 heavy (non-hydrogen) atoms. The number of carbonyl (C=O) groups is 2. The molecular weight excluding hydrogens is 308 g/mol. The predicted octanol–water partition coefficient (Wildman–Crippen LogP) is 0.185. The van der Waals surface area contributed by atoms with Crippen LogP contribution in [0.15, 0.2) is 22.8 Å². The molecule has 0 fully saturated rings. The molecule has 0 saturated heterocycles. The molecule has 8 heteroatoms. The van der Waals surface area contributed by atoms with Crippen molar-refractivity contribution in [3.63, 3.8) is 0 Å². The minimum atomic E-state index is -0.833. The molecule has 0 aliphatic heterocycles. The first kappa shape index (κ1) is 13.5. The Balaban J connectivity index is 2.58. The van der Waals surface area contributed by atoms with Gasteiger partial charge in [0.05, 0.1) is 16.0 Å². The third-order valence-electron chi connectivity index (χ3n) is 1.62. The second-order valence-corrected chi connectivity index (χ2v) is 4.32. The Morgan fingerprint density at radius 3 is 2.76 bits per heavy atom. The van der Waals surface area contributed by atoms with E-state index in [-0.39, 0.29) is 17.4 Å². The Morgan fingerprint density at radius 2 is 2.18 bits per heavy atom. The lowest BCUT2D eigenvalue weighted by molar-refractivity contribution is -0.136. The van der Waals surface area contributed by atoms with Gasteiger partial charge < -0.3 is 16.4 Å². The molecule has 0 saturated carbocycles. The van der Waals surface area contributed by atoms with Gasteiger partial charge in [-0.05, 0) is 28.1 Å². The molecule has 6 nitrogen and oxygen atoms in total. The highest BCUT2D eigenvalue weighted by molar-refractivity contribution is 9.10. The summed E-state index contributed by atoms with van der Waals surface area (Å²) in [7, 11) is 0. The van der Waals surface area contributed by atoms with Gasteiger partial charge in [0.2, 0.25) is 0 Å². The van der Waals surface area contributed by atoms with E-state index < -0.39 is 11.8 Å². The summed E-state index contributed by atoms with van der Waals surface area (Å²) in [6.45, 7) is -0.0228. The summed E-state index contributed by atoms with van der Waals surface area (Å²) < 4.78 is 0.579. The zero-order chi connectivity index (χ0) is 12.8. The maximum atomic E-state index is 11.4. The van der Waals surface area contributed by atoms with Crippen molar-refractivity contribution < 1.29 is 9.59 Å². The first-order chi connectivity index (χ1) is 8.00. The van der Waals surface area contributed by atoms with E-state index in [1.165, 1.54) is 6.20 Å². The van der Waals surface area contributed by atoms with Gasteiger partial charge in [-0.2, -0.15) is 0 Å². The maximum absolute atomic E-state index is 11.4. The topological polar surface area (TPSA) is 97.1 Å². The molecule has 1 aromatic rings. The number of nitrogens with zero attached hydrogens (tertiary/aromatic N) is 1. The van der Waals surface area contributed by atoms with Crippen LogP contribution in [-0.2, 0) is 9.59 Å². The van der Waals surface area contributed by atoms with Gasteiger partial charge in [0.15, 0.2) is 0 Å². The quantitative estimate of drug-likeness (QED) is 0.546. The highest BCUT2D eigenvalue weighted by atomic mass is 79.9. The van der Waals surface area contributed by atoms with E-state index in [1.54, 1.807) is 12.1 Å². The molecular formula is C9H9BrN4O2S. The van der Waals surface area contributed by atoms with Gasteiger partial charge in [-0.3, -0.25) is 9.59 Å². The van der Waals surface area contributed by atoms with Crippen molar-refractivity contribution >= 4 is 50.8 Å². The Labute approximate surface area is 111 Å². The number of carbonyl (C=O) groups excluding carboxylic acids is 2.